The number of non-ortho nitro benzene ring substituents is 1. The normalized spacial score (nSPS) is 10.0. The van der Waals surface area contributed by atoms with E-state index in [-0.39, 0.29) is 12.3 Å². The van der Waals surface area contributed by atoms with Gasteiger partial charge in [0, 0.05) is 23.0 Å². The third kappa shape index (κ3) is 3.16. The van der Waals surface area contributed by atoms with Gasteiger partial charge in [0.05, 0.1) is 4.92 Å². The van der Waals surface area contributed by atoms with Crippen molar-refractivity contribution in [3.05, 3.63) is 33.9 Å². The molecule has 0 saturated heterocycles. The maximum absolute atomic E-state index is 11.9. The van der Waals surface area contributed by atoms with Crippen LogP contribution in [0.25, 0.3) is 0 Å². The molecule has 1 rings (SSSR count). The lowest BCUT2D eigenvalue weighted by Crippen LogP contribution is -2.01. The standard InChI is InChI=1S/C9H9BrFNO3/c10-6-7-5-8(12(13)14)1-2-9(7)15-4-3-11/h1-2,5H,3-4,6H2. The number of hydrogen-bond acceptors (Lipinski definition) is 3. The Morgan fingerprint density at radius 3 is 2.80 bits per heavy atom. The van der Waals surface area contributed by atoms with Gasteiger partial charge in [0.25, 0.3) is 5.69 Å². The van der Waals surface area contributed by atoms with Crippen molar-refractivity contribution in [3.8, 4) is 5.75 Å². The minimum atomic E-state index is -0.585. The smallest absolute Gasteiger partial charge is 0.270 e. The van der Waals surface area contributed by atoms with E-state index in [1.807, 2.05) is 0 Å². The largest absolute Gasteiger partial charge is 0.491 e. The van der Waals surface area contributed by atoms with Gasteiger partial charge in [-0.05, 0) is 6.07 Å². The van der Waals surface area contributed by atoms with Crippen LogP contribution in [0.1, 0.15) is 5.56 Å². The minimum absolute atomic E-state index is 0.00273. The van der Waals surface area contributed by atoms with Gasteiger partial charge in [-0.3, -0.25) is 10.1 Å². The lowest BCUT2D eigenvalue weighted by atomic mass is 10.2. The number of rotatable bonds is 5. The van der Waals surface area contributed by atoms with Crippen LogP contribution in [0.15, 0.2) is 18.2 Å². The summed E-state index contributed by atoms with van der Waals surface area (Å²) in [6.45, 7) is -0.628. The lowest BCUT2D eigenvalue weighted by molar-refractivity contribution is -0.384. The van der Waals surface area contributed by atoms with E-state index in [1.165, 1.54) is 18.2 Å². The molecular weight excluding hydrogens is 269 g/mol. The number of ether oxygens (including phenoxy) is 1. The van der Waals surface area contributed by atoms with Gasteiger partial charge in [-0.2, -0.15) is 0 Å². The number of nitrogens with zero attached hydrogens (tertiary/aromatic N) is 1. The van der Waals surface area contributed by atoms with Crippen LogP contribution in [0, 0.1) is 10.1 Å². The highest BCUT2D eigenvalue weighted by Gasteiger charge is 2.10. The molecule has 0 aliphatic rings. The third-order valence-corrected chi connectivity index (χ3v) is 2.34. The summed E-state index contributed by atoms with van der Waals surface area (Å²) < 4.78 is 17.0. The Bertz CT molecular complexity index is 359. The van der Waals surface area contributed by atoms with Crippen LogP contribution in [-0.4, -0.2) is 18.2 Å². The van der Waals surface area contributed by atoms with Crippen LogP contribution < -0.4 is 4.74 Å². The Kier molecular flexibility index (Phi) is 4.48. The lowest BCUT2D eigenvalue weighted by Gasteiger charge is -2.07. The van der Waals surface area contributed by atoms with Crippen LogP contribution in [0.3, 0.4) is 0 Å². The summed E-state index contributed by atoms with van der Waals surface area (Å²) in [6.07, 6.45) is 0. The molecule has 1 aromatic carbocycles. The molecule has 0 radical (unpaired) electrons. The van der Waals surface area contributed by atoms with E-state index in [1.54, 1.807) is 0 Å². The fraction of sp³-hybridized carbons (Fsp3) is 0.333. The molecule has 0 atom stereocenters. The monoisotopic (exact) mass is 277 g/mol. The number of hydrogen-bond donors (Lipinski definition) is 0. The fourth-order valence-electron chi connectivity index (χ4n) is 1.07. The van der Waals surface area contributed by atoms with E-state index in [0.29, 0.717) is 16.6 Å². The Hall–Kier alpha value is -1.17. The second-order valence-corrected chi connectivity index (χ2v) is 3.28. The van der Waals surface area contributed by atoms with Crippen molar-refractivity contribution in [2.24, 2.45) is 0 Å². The van der Waals surface area contributed by atoms with E-state index < -0.39 is 11.6 Å². The molecule has 0 aromatic heterocycles. The van der Waals surface area contributed by atoms with Gasteiger partial charge >= 0.3 is 0 Å². The highest BCUT2D eigenvalue weighted by atomic mass is 79.9. The van der Waals surface area contributed by atoms with Crippen molar-refractivity contribution < 1.29 is 14.1 Å². The first-order valence-electron chi connectivity index (χ1n) is 4.21. The SMILES string of the molecule is O=[N+]([O-])c1ccc(OCCF)c(CBr)c1. The van der Waals surface area contributed by atoms with Gasteiger partial charge in [-0.25, -0.2) is 4.39 Å². The Labute approximate surface area is 94.3 Å². The molecule has 6 heteroatoms. The number of alkyl halides is 2. The molecule has 1 aromatic rings. The summed E-state index contributed by atoms with van der Waals surface area (Å²) in [5.41, 5.74) is 0.634. The average molecular weight is 278 g/mol. The topological polar surface area (TPSA) is 52.4 Å². The summed E-state index contributed by atoms with van der Waals surface area (Å²) in [6, 6.07) is 4.21. The molecule has 0 bridgehead atoms. The van der Waals surface area contributed by atoms with Crippen LogP contribution >= 0.6 is 15.9 Å². The zero-order valence-corrected chi connectivity index (χ0v) is 9.37. The second-order valence-electron chi connectivity index (χ2n) is 2.72. The van der Waals surface area contributed by atoms with Crippen LogP contribution in [0.2, 0.25) is 0 Å². The third-order valence-electron chi connectivity index (χ3n) is 1.73. The summed E-state index contributed by atoms with van der Waals surface area (Å²) >= 11 is 3.19. The van der Waals surface area contributed by atoms with Gasteiger partial charge in [-0.15, -0.1) is 0 Å². The molecule has 0 aliphatic heterocycles. The zero-order chi connectivity index (χ0) is 11.3. The maximum atomic E-state index is 11.9. The van der Waals surface area contributed by atoms with Crippen molar-refractivity contribution in [2.45, 2.75) is 5.33 Å². The first-order chi connectivity index (χ1) is 7.19. The van der Waals surface area contributed by atoms with Gasteiger partial charge in [0.15, 0.2) is 0 Å². The first-order valence-corrected chi connectivity index (χ1v) is 5.33. The molecule has 15 heavy (non-hydrogen) atoms. The molecule has 0 N–H and O–H groups in total. The van der Waals surface area contributed by atoms with Crippen LogP contribution in [0.4, 0.5) is 10.1 Å². The molecule has 0 spiro atoms. The Balaban J connectivity index is 2.93. The Morgan fingerprint density at radius 1 is 1.53 bits per heavy atom. The van der Waals surface area contributed by atoms with Gasteiger partial charge in [-0.1, -0.05) is 15.9 Å². The molecular formula is C9H9BrFNO3. The van der Waals surface area contributed by atoms with Gasteiger partial charge in [0.1, 0.15) is 19.0 Å². The fourth-order valence-corrected chi connectivity index (χ4v) is 1.51. The molecule has 0 amide bonds. The molecule has 0 unspecified atom stereocenters. The van der Waals surface area contributed by atoms with Crippen LogP contribution in [0.5, 0.6) is 5.75 Å². The van der Waals surface area contributed by atoms with E-state index in [0.717, 1.165) is 0 Å². The molecule has 0 aliphatic carbocycles. The molecule has 0 saturated carbocycles. The van der Waals surface area contributed by atoms with Crippen molar-refractivity contribution >= 4 is 21.6 Å². The summed E-state index contributed by atoms with van der Waals surface area (Å²) in [4.78, 5) is 10.0. The molecule has 0 heterocycles. The molecule has 82 valence electrons. The maximum Gasteiger partial charge on any atom is 0.270 e. The molecule has 0 fully saturated rings. The summed E-state index contributed by atoms with van der Waals surface area (Å²) in [7, 11) is 0. The van der Waals surface area contributed by atoms with Crippen molar-refractivity contribution in [1.82, 2.24) is 0 Å². The zero-order valence-electron chi connectivity index (χ0n) is 7.78. The second kappa shape index (κ2) is 5.65. The quantitative estimate of drug-likeness (QED) is 0.472. The number of nitro groups is 1. The van der Waals surface area contributed by atoms with Crippen molar-refractivity contribution in [3.63, 3.8) is 0 Å². The van der Waals surface area contributed by atoms with Crippen molar-refractivity contribution in [2.75, 3.05) is 13.3 Å². The predicted octanol–water partition coefficient (Wildman–Crippen LogP) is 2.84. The van der Waals surface area contributed by atoms with E-state index in [9.17, 15) is 14.5 Å². The van der Waals surface area contributed by atoms with E-state index in [4.69, 9.17) is 4.74 Å². The highest BCUT2D eigenvalue weighted by molar-refractivity contribution is 9.08. The van der Waals surface area contributed by atoms with Crippen LogP contribution in [-0.2, 0) is 5.33 Å². The minimum Gasteiger partial charge on any atom is -0.491 e. The van der Waals surface area contributed by atoms with Gasteiger partial charge < -0.3 is 4.74 Å². The first kappa shape index (κ1) is 11.9. The summed E-state index contributed by atoms with van der Waals surface area (Å²) in [5.74, 6) is 0.468. The Morgan fingerprint density at radius 2 is 2.27 bits per heavy atom. The number of nitro benzene ring substituents is 1. The van der Waals surface area contributed by atoms with Gasteiger partial charge in [0.2, 0.25) is 0 Å². The van der Waals surface area contributed by atoms with E-state index in [2.05, 4.69) is 15.9 Å². The summed E-state index contributed by atoms with van der Waals surface area (Å²) in [5, 5.41) is 10.9. The predicted molar refractivity (Wildman–Crippen MR) is 57.2 cm³/mol. The van der Waals surface area contributed by atoms with E-state index >= 15 is 0 Å². The highest BCUT2D eigenvalue weighted by Crippen LogP contribution is 2.26. The van der Waals surface area contributed by atoms with Crippen molar-refractivity contribution in [1.29, 1.82) is 0 Å². The number of benzene rings is 1. The average Bonchev–Trinajstić information content (AvgIpc) is 2.25. The number of halogens is 2. The molecule has 4 nitrogen and oxygen atoms in total.